The molecule has 0 unspecified atom stereocenters. The Morgan fingerprint density at radius 2 is 2.15 bits per heavy atom. The van der Waals surface area contributed by atoms with E-state index in [1.54, 1.807) is 12.1 Å². The fourth-order valence-electron chi connectivity index (χ4n) is 3.31. The lowest BCUT2D eigenvalue weighted by Crippen LogP contribution is -2.51. The molecule has 2 saturated heterocycles. The van der Waals surface area contributed by atoms with Crippen LogP contribution in [-0.2, 0) is 11.2 Å². The summed E-state index contributed by atoms with van der Waals surface area (Å²) >= 11 is 0. The van der Waals surface area contributed by atoms with Gasteiger partial charge in [-0.2, -0.15) is 4.98 Å². The first-order chi connectivity index (χ1) is 12.7. The lowest BCUT2D eigenvalue weighted by Gasteiger charge is -2.36. The van der Waals surface area contributed by atoms with Gasteiger partial charge in [-0.3, -0.25) is 0 Å². The van der Waals surface area contributed by atoms with E-state index in [4.69, 9.17) is 4.74 Å². The lowest BCUT2D eigenvalue weighted by molar-refractivity contribution is 0.140. The Balaban J connectivity index is 1.46. The number of nitrogens with one attached hydrogen (secondary N) is 1. The first kappa shape index (κ1) is 17.2. The molecule has 2 aliphatic heterocycles. The van der Waals surface area contributed by atoms with E-state index in [9.17, 15) is 9.50 Å². The Bertz CT molecular complexity index is 761. The molecule has 1 aromatic carbocycles. The van der Waals surface area contributed by atoms with Gasteiger partial charge in [0.05, 0.1) is 18.4 Å². The molecule has 0 amide bonds. The second-order valence-electron chi connectivity index (χ2n) is 6.90. The van der Waals surface area contributed by atoms with Crippen molar-refractivity contribution in [1.29, 1.82) is 0 Å². The largest absolute Gasteiger partial charge is 0.389 e. The highest BCUT2D eigenvalue weighted by molar-refractivity contribution is 5.46. The molecule has 1 aromatic heterocycles. The Morgan fingerprint density at radius 1 is 1.27 bits per heavy atom. The zero-order valence-electron chi connectivity index (χ0n) is 14.6. The van der Waals surface area contributed by atoms with Gasteiger partial charge in [-0.25, -0.2) is 9.37 Å². The van der Waals surface area contributed by atoms with Crippen LogP contribution in [0.2, 0.25) is 0 Å². The van der Waals surface area contributed by atoms with E-state index < -0.39 is 0 Å². The number of benzene rings is 1. The molecule has 0 aliphatic carbocycles. The van der Waals surface area contributed by atoms with Crippen molar-refractivity contribution < 1.29 is 14.2 Å². The van der Waals surface area contributed by atoms with Crippen LogP contribution in [0.4, 0.5) is 16.2 Å². The molecule has 26 heavy (non-hydrogen) atoms. The van der Waals surface area contributed by atoms with Crippen molar-refractivity contribution in [2.75, 3.05) is 43.1 Å². The number of hydrogen-bond donors (Lipinski definition) is 2. The molecule has 2 aromatic rings. The molecule has 3 heterocycles. The molecule has 0 radical (unpaired) electrons. The third-order valence-corrected chi connectivity index (χ3v) is 4.84. The van der Waals surface area contributed by atoms with Crippen LogP contribution in [0.1, 0.15) is 23.6 Å². The fourth-order valence-corrected chi connectivity index (χ4v) is 3.31. The van der Waals surface area contributed by atoms with Gasteiger partial charge in [0.25, 0.3) is 0 Å². The first-order valence-electron chi connectivity index (χ1n) is 9.05. The highest BCUT2D eigenvalue weighted by Gasteiger charge is 2.28. The highest BCUT2D eigenvalue weighted by Crippen LogP contribution is 2.28. The Kier molecular flexibility index (Phi) is 4.99. The predicted octanol–water partition coefficient (Wildman–Crippen LogP) is 1.96. The van der Waals surface area contributed by atoms with Crippen molar-refractivity contribution in [3.8, 4) is 0 Å². The second-order valence-corrected chi connectivity index (χ2v) is 6.90. The minimum atomic E-state index is -0.304. The zero-order chi connectivity index (χ0) is 17.9. The van der Waals surface area contributed by atoms with Gasteiger partial charge in [0.2, 0.25) is 5.95 Å². The van der Waals surface area contributed by atoms with Crippen molar-refractivity contribution in [1.82, 2.24) is 9.97 Å². The van der Waals surface area contributed by atoms with Crippen molar-refractivity contribution >= 4 is 11.8 Å². The topological polar surface area (TPSA) is 70.5 Å². The summed E-state index contributed by atoms with van der Waals surface area (Å²) < 4.78 is 18.8. The normalized spacial score (nSPS) is 20.2. The average molecular weight is 358 g/mol. The fraction of sp³-hybridized carbons (Fsp3) is 0.474. The number of nitrogens with zero attached hydrogens (tertiary/aromatic N) is 3. The Labute approximate surface area is 152 Å². The van der Waals surface area contributed by atoms with Crippen LogP contribution in [0, 0.1) is 5.82 Å². The van der Waals surface area contributed by atoms with E-state index in [-0.39, 0.29) is 17.8 Å². The van der Waals surface area contributed by atoms with Crippen LogP contribution < -0.4 is 10.2 Å². The zero-order valence-corrected chi connectivity index (χ0v) is 14.6. The third-order valence-electron chi connectivity index (χ3n) is 4.84. The van der Waals surface area contributed by atoms with E-state index in [1.807, 2.05) is 17.0 Å². The summed E-state index contributed by atoms with van der Waals surface area (Å²) in [5, 5.41) is 12.9. The quantitative estimate of drug-likeness (QED) is 0.823. The number of rotatable bonds is 6. The minimum Gasteiger partial charge on any atom is -0.389 e. The maximum absolute atomic E-state index is 13.3. The monoisotopic (exact) mass is 358 g/mol. The molecule has 0 spiro atoms. The van der Waals surface area contributed by atoms with Crippen LogP contribution in [0.15, 0.2) is 30.3 Å². The molecule has 0 bridgehead atoms. The number of halogens is 1. The van der Waals surface area contributed by atoms with E-state index in [0.717, 1.165) is 30.1 Å². The summed E-state index contributed by atoms with van der Waals surface area (Å²) in [6.07, 6.45) is 1.37. The molecule has 2 aliphatic rings. The molecule has 138 valence electrons. The smallest absolute Gasteiger partial charge is 0.227 e. The van der Waals surface area contributed by atoms with E-state index in [2.05, 4.69) is 15.3 Å². The number of β-amino-alcohol motifs (C(OH)–C–C–N with tert-alkyl or cyclic N) is 1. The van der Waals surface area contributed by atoms with Crippen LogP contribution in [0.25, 0.3) is 0 Å². The number of aliphatic hydroxyl groups is 1. The van der Waals surface area contributed by atoms with Crippen molar-refractivity contribution in [2.24, 2.45) is 0 Å². The van der Waals surface area contributed by atoms with Crippen LogP contribution >= 0.6 is 0 Å². The molecule has 4 rings (SSSR count). The maximum Gasteiger partial charge on any atom is 0.227 e. The number of ether oxygens (including phenoxy) is 1. The molecule has 2 N–H and O–H groups in total. The van der Waals surface area contributed by atoms with Gasteiger partial charge in [0, 0.05) is 38.2 Å². The molecule has 0 saturated carbocycles. The van der Waals surface area contributed by atoms with Crippen LogP contribution in [0.3, 0.4) is 0 Å². The van der Waals surface area contributed by atoms with Gasteiger partial charge in [-0.1, -0.05) is 12.1 Å². The summed E-state index contributed by atoms with van der Waals surface area (Å²) in [4.78, 5) is 11.2. The first-order valence-corrected chi connectivity index (χ1v) is 9.05. The Morgan fingerprint density at radius 3 is 2.88 bits per heavy atom. The van der Waals surface area contributed by atoms with Gasteiger partial charge >= 0.3 is 0 Å². The molecule has 2 fully saturated rings. The molecule has 6 nitrogen and oxygen atoms in total. The number of anilines is 2. The van der Waals surface area contributed by atoms with E-state index in [0.29, 0.717) is 38.6 Å². The van der Waals surface area contributed by atoms with Gasteiger partial charge in [0.15, 0.2) is 0 Å². The highest BCUT2D eigenvalue weighted by atomic mass is 19.1. The van der Waals surface area contributed by atoms with Gasteiger partial charge in [-0.05, 0) is 30.5 Å². The molecular formula is C19H23FN4O2. The van der Waals surface area contributed by atoms with Crippen LogP contribution in [0.5, 0.6) is 0 Å². The Hall–Kier alpha value is -2.25. The summed E-state index contributed by atoms with van der Waals surface area (Å²) in [7, 11) is 0. The number of aromatic nitrogens is 2. The lowest BCUT2D eigenvalue weighted by atomic mass is 10.0. The van der Waals surface area contributed by atoms with E-state index in [1.165, 1.54) is 6.07 Å². The van der Waals surface area contributed by atoms with Gasteiger partial charge < -0.3 is 20.1 Å². The third kappa shape index (κ3) is 3.94. The number of hydrogen-bond acceptors (Lipinski definition) is 6. The van der Waals surface area contributed by atoms with E-state index >= 15 is 0 Å². The molecular weight excluding hydrogens is 335 g/mol. The summed E-state index contributed by atoms with van der Waals surface area (Å²) in [6.45, 7) is 3.22. The summed E-state index contributed by atoms with van der Waals surface area (Å²) in [5.41, 5.74) is 1.92. The molecule has 1 atom stereocenters. The standard InChI is InChI=1S/C19H23FN4O2/c20-15-3-1-2-13(8-15)4-6-21-18-9-17(14-5-7-26-12-14)22-19(23-18)24-10-16(25)11-24/h1-3,8-9,14,16,25H,4-7,10-12H2,(H,21,22,23)/t14-/m1/s1. The number of aliphatic hydroxyl groups excluding tert-OH is 1. The molecule has 7 heteroatoms. The average Bonchev–Trinajstić information content (AvgIpc) is 3.13. The summed E-state index contributed by atoms with van der Waals surface area (Å²) in [5.74, 6) is 1.47. The van der Waals surface area contributed by atoms with Gasteiger partial charge in [0.1, 0.15) is 11.6 Å². The predicted molar refractivity (Wildman–Crippen MR) is 97.0 cm³/mol. The van der Waals surface area contributed by atoms with Crippen molar-refractivity contribution in [3.63, 3.8) is 0 Å². The van der Waals surface area contributed by atoms with Crippen LogP contribution in [-0.4, -0.2) is 54.0 Å². The summed E-state index contributed by atoms with van der Waals surface area (Å²) in [6, 6.07) is 8.62. The SMILES string of the molecule is OC1CN(c2nc(NCCc3cccc(F)c3)cc([C@@H]3CCOC3)n2)C1. The van der Waals surface area contributed by atoms with Crippen molar-refractivity contribution in [3.05, 3.63) is 47.4 Å². The minimum absolute atomic E-state index is 0.216. The second kappa shape index (κ2) is 7.55. The maximum atomic E-state index is 13.3. The van der Waals surface area contributed by atoms with Crippen molar-refractivity contribution in [2.45, 2.75) is 24.9 Å². The van der Waals surface area contributed by atoms with Gasteiger partial charge in [-0.15, -0.1) is 0 Å².